The number of benzene rings is 1. The van der Waals surface area contributed by atoms with Crippen LogP contribution in [0, 0.1) is 23.0 Å². The first kappa shape index (κ1) is 10.1. The average Bonchev–Trinajstić information content (AvgIpc) is 3.03. The zero-order valence-corrected chi connectivity index (χ0v) is 8.00. The number of nitrogens with zero attached hydrogens (tertiary/aromatic N) is 1. The molecule has 0 amide bonds. The second-order valence-corrected chi connectivity index (χ2v) is 3.65. The van der Waals surface area contributed by atoms with Gasteiger partial charge in [0.15, 0.2) is 11.6 Å². The van der Waals surface area contributed by atoms with Gasteiger partial charge in [-0.1, -0.05) is 12.1 Å². The van der Waals surface area contributed by atoms with Crippen molar-refractivity contribution >= 4 is 0 Å². The van der Waals surface area contributed by atoms with Gasteiger partial charge in [-0.2, -0.15) is 5.26 Å². The third kappa shape index (κ3) is 2.13. The summed E-state index contributed by atoms with van der Waals surface area (Å²) in [4.78, 5) is 0. The van der Waals surface area contributed by atoms with Gasteiger partial charge in [-0.3, -0.25) is 5.32 Å². The van der Waals surface area contributed by atoms with Crippen LogP contribution in [0.2, 0.25) is 0 Å². The van der Waals surface area contributed by atoms with E-state index in [1.54, 1.807) is 0 Å². The van der Waals surface area contributed by atoms with Crippen LogP contribution in [-0.4, -0.2) is 6.04 Å². The number of halogens is 2. The van der Waals surface area contributed by atoms with Crippen molar-refractivity contribution < 1.29 is 8.78 Å². The summed E-state index contributed by atoms with van der Waals surface area (Å²) in [5.74, 6) is -1.84. The Morgan fingerprint density at radius 3 is 2.73 bits per heavy atom. The summed E-state index contributed by atoms with van der Waals surface area (Å²) < 4.78 is 26.3. The summed E-state index contributed by atoms with van der Waals surface area (Å²) >= 11 is 0. The fraction of sp³-hybridized carbons (Fsp3) is 0.364. The molecule has 0 saturated heterocycles. The molecule has 0 aliphatic heterocycles. The lowest BCUT2D eigenvalue weighted by molar-refractivity contribution is 0.484. The normalized spacial score (nSPS) is 17.1. The Hall–Kier alpha value is -1.47. The molecule has 2 nitrogen and oxygen atoms in total. The van der Waals surface area contributed by atoms with Crippen LogP contribution in [0.3, 0.4) is 0 Å². The lowest BCUT2D eigenvalue weighted by Gasteiger charge is -2.11. The Balaban J connectivity index is 2.25. The molecule has 15 heavy (non-hydrogen) atoms. The summed E-state index contributed by atoms with van der Waals surface area (Å²) in [6.45, 7) is 0. The van der Waals surface area contributed by atoms with Crippen molar-refractivity contribution in [3.8, 4) is 6.07 Å². The van der Waals surface area contributed by atoms with Crippen molar-refractivity contribution in [3.05, 3.63) is 35.4 Å². The molecule has 1 fully saturated rings. The second-order valence-electron chi connectivity index (χ2n) is 3.65. The Kier molecular flexibility index (Phi) is 2.65. The van der Waals surface area contributed by atoms with E-state index < -0.39 is 17.7 Å². The fourth-order valence-electron chi connectivity index (χ4n) is 1.43. The Labute approximate surface area is 86.5 Å². The van der Waals surface area contributed by atoms with E-state index in [0.717, 1.165) is 18.9 Å². The molecule has 1 atom stereocenters. The topological polar surface area (TPSA) is 35.8 Å². The van der Waals surface area contributed by atoms with Crippen molar-refractivity contribution in [1.82, 2.24) is 5.32 Å². The zero-order chi connectivity index (χ0) is 10.8. The van der Waals surface area contributed by atoms with Gasteiger partial charge in [-0.25, -0.2) is 8.78 Å². The number of nitriles is 1. The largest absolute Gasteiger partial charge is 0.295 e. The highest BCUT2D eigenvalue weighted by Crippen LogP contribution is 2.25. The minimum Gasteiger partial charge on any atom is -0.295 e. The van der Waals surface area contributed by atoms with E-state index in [1.807, 2.05) is 6.07 Å². The van der Waals surface area contributed by atoms with Gasteiger partial charge in [0.05, 0.1) is 6.07 Å². The monoisotopic (exact) mass is 208 g/mol. The molecular formula is C11H10F2N2. The van der Waals surface area contributed by atoms with Crippen LogP contribution in [0.4, 0.5) is 8.78 Å². The van der Waals surface area contributed by atoms with E-state index in [1.165, 1.54) is 12.1 Å². The molecule has 1 unspecified atom stereocenters. The molecule has 0 radical (unpaired) electrons. The molecule has 0 aromatic heterocycles. The Bertz CT molecular complexity index is 408. The minimum atomic E-state index is -0.933. The molecule has 0 bridgehead atoms. The van der Waals surface area contributed by atoms with Gasteiger partial charge >= 0.3 is 0 Å². The molecule has 1 N–H and O–H groups in total. The first-order chi connectivity index (χ1) is 7.22. The number of nitrogens with one attached hydrogen (secondary N) is 1. The maximum Gasteiger partial charge on any atom is 0.164 e. The van der Waals surface area contributed by atoms with E-state index in [4.69, 9.17) is 5.26 Å². The molecule has 0 spiro atoms. The van der Waals surface area contributed by atoms with Crippen LogP contribution >= 0.6 is 0 Å². The fourth-order valence-corrected chi connectivity index (χ4v) is 1.43. The molecule has 4 heteroatoms. The third-order valence-electron chi connectivity index (χ3n) is 2.40. The third-order valence-corrected chi connectivity index (χ3v) is 2.40. The van der Waals surface area contributed by atoms with Gasteiger partial charge in [0.2, 0.25) is 0 Å². The minimum absolute atomic E-state index is 0.0874. The predicted octanol–water partition coefficient (Wildman–Crippen LogP) is 2.28. The van der Waals surface area contributed by atoms with Crippen LogP contribution < -0.4 is 5.32 Å². The zero-order valence-electron chi connectivity index (χ0n) is 8.00. The quantitative estimate of drug-likeness (QED) is 0.827. The molecule has 0 heterocycles. The molecule has 1 aliphatic carbocycles. The van der Waals surface area contributed by atoms with Crippen molar-refractivity contribution in [2.24, 2.45) is 0 Å². The van der Waals surface area contributed by atoms with Crippen LogP contribution in [-0.2, 0) is 0 Å². The predicted molar refractivity (Wildman–Crippen MR) is 50.9 cm³/mol. The lowest BCUT2D eigenvalue weighted by atomic mass is 10.1. The standard InChI is InChI=1S/C11H10F2N2/c12-9-3-1-2-8(11(9)13)10(6-14)15-7-4-5-7/h1-3,7,10,15H,4-5H2. The molecule has 78 valence electrons. The summed E-state index contributed by atoms with van der Waals surface area (Å²) in [7, 11) is 0. The van der Waals surface area contributed by atoms with Crippen molar-refractivity contribution in [2.75, 3.05) is 0 Å². The number of hydrogen-bond acceptors (Lipinski definition) is 2. The van der Waals surface area contributed by atoms with E-state index in [-0.39, 0.29) is 11.6 Å². The number of hydrogen-bond donors (Lipinski definition) is 1. The van der Waals surface area contributed by atoms with E-state index in [9.17, 15) is 8.78 Å². The maximum absolute atomic E-state index is 13.3. The summed E-state index contributed by atoms with van der Waals surface area (Å²) in [5, 5.41) is 11.8. The smallest absolute Gasteiger partial charge is 0.164 e. The van der Waals surface area contributed by atoms with Gasteiger partial charge in [-0.15, -0.1) is 0 Å². The van der Waals surface area contributed by atoms with Crippen molar-refractivity contribution in [3.63, 3.8) is 0 Å². The van der Waals surface area contributed by atoms with Gasteiger partial charge in [0.1, 0.15) is 6.04 Å². The van der Waals surface area contributed by atoms with Crippen LogP contribution in [0.5, 0.6) is 0 Å². The average molecular weight is 208 g/mol. The highest BCUT2D eigenvalue weighted by Gasteiger charge is 2.27. The number of rotatable bonds is 3. The molecule has 1 aliphatic rings. The highest BCUT2D eigenvalue weighted by atomic mass is 19.2. The van der Waals surface area contributed by atoms with Crippen LogP contribution in [0.15, 0.2) is 18.2 Å². The molecule has 1 aromatic carbocycles. The molecule has 2 rings (SSSR count). The Morgan fingerprint density at radius 2 is 2.13 bits per heavy atom. The second kappa shape index (κ2) is 3.95. The molecular weight excluding hydrogens is 198 g/mol. The Morgan fingerprint density at radius 1 is 1.40 bits per heavy atom. The van der Waals surface area contributed by atoms with Gasteiger partial charge in [-0.05, 0) is 18.9 Å². The van der Waals surface area contributed by atoms with E-state index in [2.05, 4.69) is 5.32 Å². The maximum atomic E-state index is 13.3. The first-order valence-corrected chi connectivity index (χ1v) is 4.82. The van der Waals surface area contributed by atoms with Gasteiger partial charge in [0.25, 0.3) is 0 Å². The van der Waals surface area contributed by atoms with Crippen molar-refractivity contribution in [2.45, 2.75) is 24.9 Å². The summed E-state index contributed by atoms with van der Waals surface area (Å²) in [5.41, 5.74) is 0.0874. The van der Waals surface area contributed by atoms with Crippen LogP contribution in [0.25, 0.3) is 0 Å². The molecule has 1 aromatic rings. The van der Waals surface area contributed by atoms with Gasteiger partial charge in [0, 0.05) is 11.6 Å². The summed E-state index contributed by atoms with van der Waals surface area (Å²) in [6, 6.07) is 5.35. The first-order valence-electron chi connectivity index (χ1n) is 4.82. The SMILES string of the molecule is N#CC(NC1CC1)c1cccc(F)c1F. The van der Waals surface area contributed by atoms with E-state index >= 15 is 0 Å². The summed E-state index contributed by atoms with van der Waals surface area (Å²) in [6.07, 6.45) is 1.99. The molecule has 1 saturated carbocycles. The highest BCUT2D eigenvalue weighted by molar-refractivity contribution is 5.27. The van der Waals surface area contributed by atoms with E-state index in [0.29, 0.717) is 0 Å². The van der Waals surface area contributed by atoms with Crippen LogP contribution in [0.1, 0.15) is 24.4 Å². The lowest BCUT2D eigenvalue weighted by Crippen LogP contribution is -2.23. The van der Waals surface area contributed by atoms with Gasteiger partial charge < -0.3 is 0 Å². The van der Waals surface area contributed by atoms with Crippen molar-refractivity contribution in [1.29, 1.82) is 5.26 Å².